The molecule has 11 heteroatoms. The Hall–Kier alpha value is -3.50. The fraction of sp³-hybridized carbons (Fsp3) is 0.394. The van der Waals surface area contributed by atoms with Gasteiger partial charge in [-0.05, 0) is 105 Å². The van der Waals surface area contributed by atoms with Crippen LogP contribution in [0.1, 0.15) is 55.2 Å². The molecule has 3 aliphatic rings. The molecule has 7 nitrogen and oxygen atoms in total. The number of carbonyl (C=O) groups excluding carboxylic acids is 1. The number of fused-ring (bicyclic) bond motifs is 3. The van der Waals surface area contributed by atoms with Crippen molar-refractivity contribution in [1.82, 2.24) is 4.90 Å². The maximum Gasteiger partial charge on any atom is 0.306 e. The van der Waals surface area contributed by atoms with E-state index < -0.39 is 44.1 Å². The zero-order chi connectivity index (χ0) is 31.2. The van der Waals surface area contributed by atoms with Crippen molar-refractivity contribution in [3.8, 4) is 5.75 Å². The van der Waals surface area contributed by atoms with Gasteiger partial charge in [0.15, 0.2) is 9.84 Å². The lowest BCUT2D eigenvalue weighted by Gasteiger charge is -2.43. The van der Waals surface area contributed by atoms with Crippen LogP contribution < -0.4 is 4.74 Å². The minimum Gasteiger partial charge on any atom is -0.489 e. The lowest BCUT2D eigenvalue weighted by molar-refractivity contribution is -0.146. The zero-order valence-corrected chi connectivity index (χ0v) is 25.4. The highest BCUT2D eigenvalue weighted by Gasteiger charge is 2.61. The summed E-state index contributed by atoms with van der Waals surface area (Å²) in [7, 11) is -4.13. The van der Waals surface area contributed by atoms with Crippen molar-refractivity contribution in [3.05, 3.63) is 94.0 Å². The number of ether oxygens (including phenoxy) is 1. The molecule has 1 aliphatic heterocycles. The minimum atomic E-state index is -4.13. The number of rotatable bonds is 7. The molecule has 3 aromatic rings. The molecule has 2 aliphatic carbocycles. The van der Waals surface area contributed by atoms with E-state index in [2.05, 4.69) is 0 Å². The zero-order valence-electron chi connectivity index (χ0n) is 23.8. The highest BCUT2D eigenvalue weighted by molar-refractivity contribution is 7.92. The SMILES string of the molecule is O=C(O)C1CCC(C(=O)N2CC[C@@]3(S(=O)(=O)c4ccc(F)cc4)c4ccc(OCc5c(F)cccc5Cl)cc4CC[C@@H]23)CC1. The van der Waals surface area contributed by atoms with Gasteiger partial charge in [-0.25, -0.2) is 17.2 Å². The van der Waals surface area contributed by atoms with Gasteiger partial charge in [-0.15, -0.1) is 0 Å². The third-order valence-electron chi connectivity index (χ3n) is 9.62. The van der Waals surface area contributed by atoms with Crippen LogP contribution in [0.2, 0.25) is 5.02 Å². The quantitative estimate of drug-likeness (QED) is 0.303. The number of aliphatic carboxylic acids is 1. The number of halogens is 3. The average Bonchev–Trinajstić information content (AvgIpc) is 3.42. The molecule has 6 rings (SSSR count). The molecule has 1 heterocycles. The molecule has 1 amide bonds. The van der Waals surface area contributed by atoms with Crippen LogP contribution in [-0.2, 0) is 37.2 Å². The largest absolute Gasteiger partial charge is 0.489 e. The summed E-state index contributed by atoms with van der Waals surface area (Å²) in [6, 6.07) is 13.6. The predicted octanol–water partition coefficient (Wildman–Crippen LogP) is 6.30. The smallest absolute Gasteiger partial charge is 0.306 e. The maximum absolute atomic E-state index is 14.6. The molecular weight excluding hydrogens is 612 g/mol. The van der Waals surface area contributed by atoms with Crippen LogP contribution in [0, 0.1) is 23.5 Å². The van der Waals surface area contributed by atoms with Crippen molar-refractivity contribution in [2.75, 3.05) is 6.54 Å². The van der Waals surface area contributed by atoms with Crippen molar-refractivity contribution in [2.24, 2.45) is 11.8 Å². The Bertz CT molecular complexity index is 1690. The Morgan fingerprint density at radius 3 is 2.36 bits per heavy atom. The number of carboxylic acid groups (broad SMARTS) is 1. The molecule has 0 spiro atoms. The summed E-state index contributed by atoms with van der Waals surface area (Å²) in [5, 5.41) is 9.63. The van der Waals surface area contributed by atoms with E-state index in [0.29, 0.717) is 49.8 Å². The minimum absolute atomic E-state index is 0.0254. The van der Waals surface area contributed by atoms with Gasteiger partial charge in [-0.3, -0.25) is 9.59 Å². The molecule has 2 atom stereocenters. The monoisotopic (exact) mass is 643 g/mol. The van der Waals surface area contributed by atoms with E-state index in [-0.39, 0.29) is 46.9 Å². The first kappa shape index (κ1) is 30.5. The third-order valence-corrected chi connectivity index (χ3v) is 12.5. The first-order valence-electron chi connectivity index (χ1n) is 14.8. The summed E-state index contributed by atoms with van der Waals surface area (Å²) in [5.74, 6) is -2.45. The Labute approximate surface area is 259 Å². The second kappa shape index (κ2) is 11.8. The fourth-order valence-electron chi connectivity index (χ4n) is 7.33. The van der Waals surface area contributed by atoms with E-state index in [1.165, 1.54) is 24.3 Å². The van der Waals surface area contributed by atoms with Crippen LogP contribution in [0.25, 0.3) is 0 Å². The fourth-order valence-corrected chi connectivity index (χ4v) is 9.91. The Kier molecular flexibility index (Phi) is 8.17. The lowest BCUT2D eigenvalue weighted by atomic mass is 9.77. The Morgan fingerprint density at radius 1 is 0.977 bits per heavy atom. The third kappa shape index (κ3) is 5.15. The summed E-state index contributed by atoms with van der Waals surface area (Å²) in [5.41, 5.74) is 1.53. The normalized spacial score (nSPS) is 24.8. The van der Waals surface area contributed by atoms with Gasteiger partial charge in [0.1, 0.15) is 28.7 Å². The molecule has 1 N–H and O–H groups in total. The van der Waals surface area contributed by atoms with Gasteiger partial charge in [0, 0.05) is 18.0 Å². The number of carbonyl (C=O) groups is 2. The first-order chi connectivity index (χ1) is 21.0. The maximum atomic E-state index is 14.6. The number of hydrogen-bond acceptors (Lipinski definition) is 5. The lowest BCUT2D eigenvalue weighted by Crippen LogP contribution is -2.53. The van der Waals surface area contributed by atoms with E-state index in [9.17, 15) is 31.9 Å². The van der Waals surface area contributed by atoms with Crippen molar-refractivity contribution in [2.45, 2.75) is 67.2 Å². The molecule has 1 saturated heterocycles. The second-order valence-corrected chi connectivity index (χ2v) is 14.5. The van der Waals surface area contributed by atoms with Gasteiger partial charge >= 0.3 is 5.97 Å². The number of nitrogens with zero attached hydrogens (tertiary/aromatic N) is 1. The Balaban J connectivity index is 1.35. The van der Waals surface area contributed by atoms with Crippen molar-refractivity contribution in [1.29, 1.82) is 0 Å². The van der Waals surface area contributed by atoms with Gasteiger partial charge < -0.3 is 14.7 Å². The van der Waals surface area contributed by atoms with E-state index in [0.717, 1.165) is 17.7 Å². The summed E-state index contributed by atoms with van der Waals surface area (Å²) in [4.78, 5) is 27.0. The average molecular weight is 644 g/mol. The van der Waals surface area contributed by atoms with Crippen molar-refractivity contribution in [3.63, 3.8) is 0 Å². The number of aryl methyl sites for hydroxylation is 1. The van der Waals surface area contributed by atoms with Gasteiger partial charge in [0.05, 0.1) is 21.9 Å². The van der Waals surface area contributed by atoms with Crippen LogP contribution in [0.5, 0.6) is 5.75 Å². The van der Waals surface area contributed by atoms with E-state index >= 15 is 0 Å². The van der Waals surface area contributed by atoms with Crippen molar-refractivity contribution < 1.29 is 36.6 Å². The number of sulfone groups is 1. The van der Waals surface area contributed by atoms with Gasteiger partial charge in [-0.1, -0.05) is 23.7 Å². The summed E-state index contributed by atoms with van der Waals surface area (Å²) in [6.07, 6.45) is 2.73. The van der Waals surface area contributed by atoms with Crippen molar-refractivity contribution >= 4 is 33.3 Å². The molecule has 44 heavy (non-hydrogen) atoms. The molecule has 2 fully saturated rings. The van der Waals surface area contributed by atoms with Gasteiger partial charge in [0.2, 0.25) is 5.91 Å². The summed E-state index contributed by atoms with van der Waals surface area (Å²) >= 11 is 6.16. The predicted molar refractivity (Wildman–Crippen MR) is 159 cm³/mol. The molecular formula is C33H32ClF2NO6S. The molecule has 0 unspecified atom stereocenters. The highest BCUT2D eigenvalue weighted by atomic mass is 35.5. The van der Waals surface area contributed by atoms with E-state index in [4.69, 9.17) is 16.3 Å². The van der Waals surface area contributed by atoms with Crippen LogP contribution >= 0.6 is 11.6 Å². The molecule has 0 aromatic heterocycles. The van der Waals surface area contributed by atoms with E-state index in [1.54, 1.807) is 29.2 Å². The highest BCUT2D eigenvalue weighted by Crippen LogP contribution is 2.53. The first-order valence-corrected chi connectivity index (χ1v) is 16.6. The second-order valence-electron chi connectivity index (χ2n) is 11.9. The molecule has 3 aromatic carbocycles. The topological polar surface area (TPSA) is 101 Å². The van der Waals surface area contributed by atoms with Crippen LogP contribution in [0.15, 0.2) is 65.6 Å². The Morgan fingerprint density at radius 2 is 1.68 bits per heavy atom. The summed E-state index contributed by atoms with van der Waals surface area (Å²) in [6.45, 7) is 0.116. The molecule has 0 bridgehead atoms. The van der Waals surface area contributed by atoms with E-state index in [1.807, 2.05) is 0 Å². The molecule has 1 saturated carbocycles. The van der Waals surface area contributed by atoms with Crippen LogP contribution in [-0.4, -0.2) is 42.9 Å². The number of benzene rings is 3. The standard InChI is InChI=1S/C33H32ClF2NO6S/c34-28-2-1-3-29(36)26(28)19-43-24-11-14-27-22(18-24)8-15-30-33(27,44(41,42)25-12-9-23(35)10-13-25)16-17-37(30)31(38)20-4-6-21(7-5-20)32(39)40/h1-3,9-14,18,20-21,30H,4-8,15-17,19H2,(H,39,40)/t20?,21?,30-,33-/m1/s1. The molecule has 0 radical (unpaired) electrons. The number of likely N-dealkylation sites (tertiary alicyclic amines) is 1. The van der Waals surface area contributed by atoms with Gasteiger partial charge in [-0.2, -0.15) is 0 Å². The number of hydrogen-bond donors (Lipinski definition) is 1. The van der Waals surface area contributed by atoms with Gasteiger partial charge in [0.25, 0.3) is 0 Å². The van der Waals surface area contributed by atoms with Crippen LogP contribution in [0.4, 0.5) is 8.78 Å². The number of carboxylic acids is 1. The van der Waals surface area contributed by atoms with Crippen LogP contribution in [0.3, 0.4) is 0 Å². The molecule has 232 valence electrons. The summed E-state index contributed by atoms with van der Waals surface area (Å²) < 4.78 is 61.7. The number of amides is 1.